The third kappa shape index (κ3) is 3.00. The number of phenolic OH excluding ortho intramolecular Hbond substituents is 1. The molecule has 0 unspecified atom stereocenters. The number of fused-ring (bicyclic) bond motifs is 1. The van der Waals surface area contributed by atoms with Crippen molar-refractivity contribution in [3.8, 4) is 17.2 Å². The summed E-state index contributed by atoms with van der Waals surface area (Å²) in [4.78, 5) is 12.0. The van der Waals surface area contributed by atoms with Crippen LogP contribution in [0, 0.1) is 0 Å². The van der Waals surface area contributed by atoms with Crippen molar-refractivity contribution in [2.75, 3.05) is 19.5 Å². The van der Waals surface area contributed by atoms with Gasteiger partial charge < -0.3 is 24.6 Å². The first-order valence-electron chi connectivity index (χ1n) is 7.34. The number of benzene rings is 2. The summed E-state index contributed by atoms with van der Waals surface area (Å²) in [6.45, 7) is 0. The van der Waals surface area contributed by atoms with Crippen LogP contribution in [-0.4, -0.2) is 33.7 Å². The highest BCUT2D eigenvalue weighted by atomic mass is 32.2. The van der Waals surface area contributed by atoms with Crippen molar-refractivity contribution in [3.63, 3.8) is 0 Å². The first kappa shape index (κ1) is 17.8. The Morgan fingerprint density at radius 3 is 2.54 bits per heavy atom. The van der Waals surface area contributed by atoms with Gasteiger partial charge in [0, 0.05) is 5.56 Å². The van der Waals surface area contributed by atoms with Crippen LogP contribution < -0.4 is 19.9 Å². The lowest BCUT2D eigenvalue weighted by Gasteiger charge is -2.16. The van der Waals surface area contributed by atoms with Crippen LogP contribution in [0.25, 0.3) is 0 Å². The third-order valence-corrected chi connectivity index (χ3v) is 4.78. The lowest BCUT2D eigenvalue weighted by molar-refractivity contribution is 0.0434. The third-order valence-electron chi connectivity index (χ3n) is 3.87. The molecule has 4 N–H and O–H groups in total. The van der Waals surface area contributed by atoms with E-state index < -0.39 is 22.2 Å². The Hall–Kier alpha value is -2.98. The molecular formula is C16H16N2O7S. The Bertz CT molecular complexity index is 988. The summed E-state index contributed by atoms with van der Waals surface area (Å²) < 4.78 is 38.7. The first-order valence-corrected chi connectivity index (χ1v) is 8.89. The highest BCUT2D eigenvalue weighted by Crippen LogP contribution is 2.42. The molecule has 10 heteroatoms. The van der Waals surface area contributed by atoms with Crippen molar-refractivity contribution in [1.29, 1.82) is 0 Å². The maximum atomic E-state index is 12.2. The van der Waals surface area contributed by atoms with Crippen LogP contribution in [0.2, 0.25) is 0 Å². The minimum Gasteiger partial charge on any atom is -0.506 e. The molecule has 0 fully saturated rings. The second-order valence-corrected chi connectivity index (χ2v) is 6.98. The van der Waals surface area contributed by atoms with E-state index in [1.54, 1.807) is 12.1 Å². The normalized spacial score (nSPS) is 16.0. The molecule has 26 heavy (non-hydrogen) atoms. The van der Waals surface area contributed by atoms with Gasteiger partial charge in [-0.3, -0.25) is 0 Å². The lowest BCUT2D eigenvalue weighted by atomic mass is 10.1. The second kappa shape index (κ2) is 6.39. The van der Waals surface area contributed by atoms with Crippen molar-refractivity contribution < 1.29 is 32.5 Å². The molecule has 1 heterocycles. The van der Waals surface area contributed by atoms with Gasteiger partial charge in [-0.15, -0.1) is 0 Å². The number of ether oxygens (including phenoxy) is 3. The van der Waals surface area contributed by atoms with Gasteiger partial charge in [0.1, 0.15) is 11.3 Å². The van der Waals surface area contributed by atoms with Crippen LogP contribution in [0.15, 0.2) is 35.2 Å². The molecule has 1 aliphatic rings. The number of nitrogens with one attached hydrogen (secondary N) is 1. The molecule has 0 amide bonds. The number of primary sulfonamides is 1. The number of carbonyl (C=O) groups excluding carboxylic acids is 1. The minimum atomic E-state index is -3.96. The van der Waals surface area contributed by atoms with E-state index in [2.05, 4.69) is 5.32 Å². The van der Waals surface area contributed by atoms with Gasteiger partial charge in [0.25, 0.3) is 0 Å². The Morgan fingerprint density at radius 1 is 1.19 bits per heavy atom. The van der Waals surface area contributed by atoms with Crippen molar-refractivity contribution in [2.24, 2.45) is 5.14 Å². The number of hydrogen-bond donors (Lipinski definition) is 3. The number of aromatic hydroxyl groups is 1. The second-order valence-electron chi connectivity index (χ2n) is 5.42. The van der Waals surface area contributed by atoms with E-state index in [9.17, 15) is 18.3 Å². The van der Waals surface area contributed by atoms with Crippen molar-refractivity contribution in [3.05, 3.63) is 41.5 Å². The molecular weight excluding hydrogens is 364 g/mol. The van der Waals surface area contributed by atoms with Gasteiger partial charge in [-0.05, 0) is 30.3 Å². The topological polar surface area (TPSA) is 137 Å². The number of rotatable bonds is 5. The van der Waals surface area contributed by atoms with Gasteiger partial charge in [0.15, 0.2) is 11.5 Å². The van der Waals surface area contributed by atoms with E-state index >= 15 is 0 Å². The molecule has 0 bridgehead atoms. The largest absolute Gasteiger partial charge is 0.506 e. The number of carbonyl (C=O) groups is 1. The molecule has 0 radical (unpaired) electrons. The number of methoxy groups -OCH3 is 2. The van der Waals surface area contributed by atoms with Crippen LogP contribution in [0.1, 0.15) is 22.1 Å². The molecule has 0 spiro atoms. The average Bonchev–Trinajstić information content (AvgIpc) is 2.91. The van der Waals surface area contributed by atoms with Crippen molar-refractivity contribution >= 4 is 21.7 Å². The highest BCUT2D eigenvalue weighted by molar-refractivity contribution is 7.89. The molecule has 2 aromatic carbocycles. The van der Waals surface area contributed by atoms with E-state index in [0.717, 1.165) is 6.07 Å². The quantitative estimate of drug-likeness (QED) is 0.522. The molecule has 9 nitrogen and oxygen atoms in total. The Morgan fingerprint density at radius 2 is 1.92 bits per heavy atom. The smallest absolute Gasteiger partial charge is 0.344 e. The van der Waals surface area contributed by atoms with Crippen LogP contribution in [0.3, 0.4) is 0 Å². The highest BCUT2D eigenvalue weighted by Gasteiger charge is 2.36. The fourth-order valence-electron chi connectivity index (χ4n) is 2.66. The van der Waals surface area contributed by atoms with E-state index in [1.807, 2.05) is 0 Å². The monoisotopic (exact) mass is 380 g/mol. The molecule has 1 atom stereocenters. The van der Waals surface area contributed by atoms with Gasteiger partial charge in [-0.25, -0.2) is 18.4 Å². The minimum absolute atomic E-state index is 0.0389. The zero-order valence-electron chi connectivity index (χ0n) is 13.8. The fraction of sp³-hybridized carbons (Fsp3) is 0.188. The summed E-state index contributed by atoms with van der Waals surface area (Å²) in [7, 11) is -1.12. The van der Waals surface area contributed by atoms with E-state index in [0.29, 0.717) is 11.3 Å². The Labute approximate surface area is 149 Å². The molecule has 0 saturated heterocycles. The summed E-state index contributed by atoms with van der Waals surface area (Å²) in [5.41, 5.74) is 0.677. The predicted octanol–water partition coefficient (Wildman–Crippen LogP) is 1.34. The number of anilines is 1. The summed E-state index contributed by atoms with van der Waals surface area (Å²) in [5.74, 6) is -0.289. The van der Waals surface area contributed by atoms with Gasteiger partial charge in [0.05, 0.1) is 24.8 Å². The number of phenols is 1. The summed E-state index contributed by atoms with van der Waals surface area (Å²) in [5, 5.41) is 17.9. The number of hydrogen-bond acceptors (Lipinski definition) is 8. The first-order chi connectivity index (χ1) is 12.3. The molecule has 1 aliphatic heterocycles. The summed E-state index contributed by atoms with van der Waals surface area (Å²) in [6, 6.07) is 6.71. The SMILES string of the molecule is COc1ccc2c(c1OC)C(=O)O[C@H]2Nc1cc(S(N)(=O)=O)ccc1O. The molecule has 138 valence electrons. The Kier molecular flexibility index (Phi) is 4.38. The van der Waals surface area contributed by atoms with Gasteiger partial charge in [-0.2, -0.15) is 0 Å². The van der Waals surface area contributed by atoms with E-state index in [-0.39, 0.29) is 27.6 Å². The van der Waals surface area contributed by atoms with Crippen LogP contribution in [-0.2, 0) is 14.8 Å². The maximum absolute atomic E-state index is 12.2. The van der Waals surface area contributed by atoms with Crippen LogP contribution >= 0.6 is 0 Å². The van der Waals surface area contributed by atoms with E-state index in [4.69, 9.17) is 19.3 Å². The molecule has 0 aliphatic carbocycles. The average molecular weight is 380 g/mol. The number of nitrogens with two attached hydrogens (primary N) is 1. The standard InChI is InChI=1S/C16H16N2O7S/c1-23-12-6-4-9-13(14(12)24-2)16(20)25-15(9)18-10-7-8(26(17,21)22)3-5-11(10)19/h3-7,15,18-19H,1-2H3,(H2,17,21,22)/t15-/m1/s1. The molecule has 3 rings (SSSR count). The lowest BCUT2D eigenvalue weighted by Crippen LogP contribution is -2.14. The number of cyclic esters (lactones) is 1. The summed E-state index contributed by atoms with van der Waals surface area (Å²) >= 11 is 0. The van der Waals surface area contributed by atoms with E-state index in [1.165, 1.54) is 26.4 Å². The molecule has 0 saturated carbocycles. The zero-order chi connectivity index (χ0) is 19.1. The van der Waals surface area contributed by atoms with Gasteiger partial charge in [0.2, 0.25) is 16.3 Å². The molecule has 2 aromatic rings. The summed E-state index contributed by atoms with van der Waals surface area (Å²) in [6.07, 6.45) is -0.959. The van der Waals surface area contributed by atoms with Crippen LogP contribution in [0.4, 0.5) is 5.69 Å². The zero-order valence-corrected chi connectivity index (χ0v) is 14.7. The molecule has 0 aromatic heterocycles. The Balaban J connectivity index is 2.02. The van der Waals surface area contributed by atoms with Gasteiger partial charge >= 0.3 is 5.97 Å². The van der Waals surface area contributed by atoms with Crippen molar-refractivity contribution in [1.82, 2.24) is 0 Å². The number of esters is 1. The van der Waals surface area contributed by atoms with Crippen LogP contribution in [0.5, 0.6) is 17.2 Å². The van der Waals surface area contributed by atoms with Crippen molar-refractivity contribution in [2.45, 2.75) is 11.1 Å². The number of sulfonamides is 1. The maximum Gasteiger partial charge on any atom is 0.344 e. The predicted molar refractivity (Wildman–Crippen MR) is 90.8 cm³/mol. The van der Waals surface area contributed by atoms with Gasteiger partial charge in [-0.1, -0.05) is 0 Å². The fourth-order valence-corrected chi connectivity index (χ4v) is 3.20.